The SMILES string of the molecule is C=CCOc1ccc(-c2nn(-c3ccccc3)cc2/C=C2/SC(=S)N(C(C)C)C2=O)cc1. The molecule has 1 saturated heterocycles. The number of nitrogens with zero attached hydrogens (tertiary/aromatic N) is 3. The molecule has 0 saturated carbocycles. The van der Waals surface area contributed by atoms with Crippen LogP contribution in [-0.4, -0.2) is 37.6 Å². The number of aromatic nitrogens is 2. The summed E-state index contributed by atoms with van der Waals surface area (Å²) in [4.78, 5) is 15.2. The van der Waals surface area contributed by atoms with E-state index in [0.717, 1.165) is 28.3 Å². The lowest BCUT2D eigenvalue weighted by Crippen LogP contribution is -2.34. The van der Waals surface area contributed by atoms with Crippen LogP contribution in [0.15, 0.2) is 78.4 Å². The predicted octanol–water partition coefficient (Wildman–Crippen LogP) is 5.71. The van der Waals surface area contributed by atoms with Crippen molar-refractivity contribution in [2.45, 2.75) is 19.9 Å². The van der Waals surface area contributed by atoms with Crippen LogP contribution < -0.4 is 4.74 Å². The number of rotatable bonds is 7. The molecule has 4 rings (SSSR count). The smallest absolute Gasteiger partial charge is 0.266 e. The topological polar surface area (TPSA) is 47.4 Å². The highest BCUT2D eigenvalue weighted by atomic mass is 32.2. The number of thioether (sulfide) groups is 1. The minimum Gasteiger partial charge on any atom is -0.490 e. The van der Waals surface area contributed by atoms with Crippen molar-refractivity contribution in [2.24, 2.45) is 0 Å². The number of amides is 1. The Kier molecular flexibility index (Phi) is 6.58. The van der Waals surface area contributed by atoms with Gasteiger partial charge in [-0.05, 0) is 56.3 Å². The van der Waals surface area contributed by atoms with Crippen LogP contribution >= 0.6 is 24.0 Å². The number of hydrogen-bond acceptors (Lipinski definition) is 5. The first kappa shape index (κ1) is 22.0. The molecule has 2 heterocycles. The average Bonchev–Trinajstić information content (AvgIpc) is 3.34. The fourth-order valence-corrected chi connectivity index (χ4v) is 4.88. The standard InChI is InChI=1S/C25H23N3O2S2/c1-4-14-30-21-12-10-18(11-13-21)23-19(16-27(26-23)20-8-6-5-7-9-20)15-22-24(29)28(17(2)3)25(31)32-22/h4-13,15-17H,1,14H2,2-3H3/b22-15+. The van der Waals surface area contributed by atoms with Crippen molar-refractivity contribution in [1.82, 2.24) is 14.7 Å². The van der Waals surface area contributed by atoms with Crippen LogP contribution in [0.1, 0.15) is 19.4 Å². The Hall–Kier alpha value is -3.16. The summed E-state index contributed by atoms with van der Waals surface area (Å²) >= 11 is 6.76. The summed E-state index contributed by atoms with van der Waals surface area (Å²) in [6, 6.07) is 17.6. The molecule has 32 heavy (non-hydrogen) atoms. The van der Waals surface area contributed by atoms with Gasteiger partial charge in [0.1, 0.15) is 16.7 Å². The van der Waals surface area contributed by atoms with Gasteiger partial charge in [-0.2, -0.15) is 5.10 Å². The Morgan fingerprint density at radius 2 is 1.88 bits per heavy atom. The number of carbonyl (C=O) groups is 1. The van der Waals surface area contributed by atoms with Crippen molar-refractivity contribution < 1.29 is 9.53 Å². The molecule has 7 heteroatoms. The largest absolute Gasteiger partial charge is 0.490 e. The van der Waals surface area contributed by atoms with Crippen molar-refractivity contribution in [3.8, 4) is 22.7 Å². The molecule has 0 N–H and O–H groups in total. The molecule has 1 fully saturated rings. The lowest BCUT2D eigenvalue weighted by Gasteiger charge is -2.18. The molecule has 1 aliphatic rings. The van der Waals surface area contributed by atoms with Crippen LogP contribution in [0.25, 0.3) is 23.0 Å². The van der Waals surface area contributed by atoms with Crippen LogP contribution in [0.4, 0.5) is 0 Å². The van der Waals surface area contributed by atoms with Crippen LogP contribution in [0.5, 0.6) is 5.75 Å². The van der Waals surface area contributed by atoms with E-state index in [2.05, 4.69) is 6.58 Å². The Bertz CT molecular complexity index is 1180. The van der Waals surface area contributed by atoms with Gasteiger partial charge in [0.25, 0.3) is 5.91 Å². The van der Waals surface area contributed by atoms with Crippen molar-refractivity contribution in [1.29, 1.82) is 0 Å². The second-order valence-corrected chi connectivity index (χ2v) is 9.16. The maximum absolute atomic E-state index is 12.9. The first-order chi connectivity index (χ1) is 15.5. The molecule has 0 spiro atoms. The van der Waals surface area contributed by atoms with E-state index in [1.807, 2.05) is 85.4 Å². The second-order valence-electron chi connectivity index (χ2n) is 7.48. The molecule has 0 atom stereocenters. The van der Waals surface area contributed by atoms with Crippen LogP contribution in [0, 0.1) is 0 Å². The number of ether oxygens (including phenoxy) is 1. The maximum atomic E-state index is 12.9. The molecule has 1 aromatic heterocycles. The third-order valence-corrected chi connectivity index (χ3v) is 6.22. The van der Waals surface area contributed by atoms with Crippen LogP contribution in [-0.2, 0) is 4.79 Å². The molecule has 5 nitrogen and oxygen atoms in total. The molecule has 0 radical (unpaired) electrons. The Labute approximate surface area is 197 Å². The number of benzene rings is 2. The van der Waals surface area contributed by atoms with Gasteiger partial charge in [0.15, 0.2) is 0 Å². The molecule has 0 bridgehead atoms. The highest BCUT2D eigenvalue weighted by Crippen LogP contribution is 2.36. The highest BCUT2D eigenvalue weighted by molar-refractivity contribution is 8.26. The number of carbonyl (C=O) groups excluding carboxylic acids is 1. The summed E-state index contributed by atoms with van der Waals surface area (Å²) < 4.78 is 8.00. The number of hydrogen-bond donors (Lipinski definition) is 0. The van der Waals surface area contributed by atoms with Gasteiger partial charge in [-0.25, -0.2) is 4.68 Å². The maximum Gasteiger partial charge on any atom is 0.266 e. The van der Waals surface area contributed by atoms with E-state index in [1.165, 1.54) is 11.8 Å². The van der Waals surface area contributed by atoms with Gasteiger partial charge in [-0.3, -0.25) is 9.69 Å². The highest BCUT2D eigenvalue weighted by Gasteiger charge is 2.34. The van der Waals surface area contributed by atoms with Gasteiger partial charge in [-0.1, -0.05) is 54.8 Å². The molecular weight excluding hydrogens is 438 g/mol. The van der Waals surface area contributed by atoms with E-state index in [9.17, 15) is 4.79 Å². The quantitative estimate of drug-likeness (QED) is 0.256. The number of para-hydroxylation sites is 1. The molecule has 1 amide bonds. The van der Waals surface area contributed by atoms with Gasteiger partial charge in [-0.15, -0.1) is 0 Å². The molecule has 0 aliphatic carbocycles. The van der Waals surface area contributed by atoms with Gasteiger partial charge in [0, 0.05) is 23.4 Å². The average molecular weight is 462 g/mol. The molecule has 1 aliphatic heterocycles. The van der Waals surface area contributed by atoms with E-state index < -0.39 is 0 Å². The monoisotopic (exact) mass is 461 g/mol. The third kappa shape index (κ3) is 4.54. The van der Waals surface area contributed by atoms with E-state index in [4.69, 9.17) is 22.1 Å². The Morgan fingerprint density at radius 3 is 2.50 bits per heavy atom. The van der Waals surface area contributed by atoms with Crippen molar-refractivity contribution >= 4 is 40.3 Å². The van der Waals surface area contributed by atoms with E-state index in [1.54, 1.807) is 11.0 Å². The normalized spacial score (nSPS) is 15.1. The molecule has 162 valence electrons. The fourth-order valence-electron chi connectivity index (χ4n) is 3.36. The van der Waals surface area contributed by atoms with Crippen molar-refractivity contribution in [3.63, 3.8) is 0 Å². The molecule has 3 aromatic rings. The number of thiocarbonyl (C=S) groups is 1. The summed E-state index contributed by atoms with van der Waals surface area (Å²) in [6.07, 6.45) is 5.53. The van der Waals surface area contributed by atoms with Gasteiger partial charge in [0.2, 0.25) is 0 Å². The van der Waals surface area contributed by atoms with Crippen LogP contribution in [0.3, 0.4) is 0 Å². The lowest BCUT2D eigenvalue weighted by atomic mass is 10.1. The van der Waals surface area contributed by atoms with Gasteiger partial charge < -0.3 is 4.74 Å². The third-order valence-electron chi connectivity index (χ3n) is 4.89. The van der Waals surface area contributed by atoms with E-state index >= 15 is 0 Å². The Morgan fingerprint density at radius 1 is 1.16 bits per heavy atom. The van der Waals surface area contributed by atoms with E-state index in [-0.39, 0.29) is 11.9 Å². The lowest BCUT2D eigenvalue weighted by molar-refractivity contribution is -0.123. The minimum atomic E-state index is -0.0680. The van der Waals surface area contributed by atoms with Crippen molar-refractivity contribution in [2.75, 3.05) is 6.61 Å². The predicted molar refractivity (Wildman–Crippen MR) is 135 cm³/mol. The summed E-state index contributed by atoms with van der Waals surface area (Å²) in [5, 5.41) is 4.83. The summed E-state index contributed by atoms with van der Waals surface area (Å²) in [5.41, 5.74) is 3.49. The molecular formula is C25H23N3O2S2. The minimum absolute atomic E-state index is 0.0167. The Balaban J connectivity index is 1.76. The first-order valence-electron chi connectivity index (χ1n) is 10.2. The summed E-state index contributed by atoms with van der Waals surface area (Å²) in [5.74, 6) is 0.692. The summed E-state index contributed by atoms with van der Waals surface area (Å²) in [6.45, 7) is 8.05. The zero-order valence-corrected chi connectivity index (χ0v) is 19.5. The van der Waals surface area contributed by atoms with Crippen LogP contribution in [0.2, 0.25) is 0 Å². The molecule has 0 unspecified atom stereocenters. The fraction of sp³-hybridized carbons (Fsp3) is 0.160. The van der Waals surface area contributed by atoms with Crippen molar-refractivity contribution in [3.05, 3.63) is 83.9 Å². The summed E-state index contributed by atoms with van der Waals surface area (Å²) in [7, 11) is 0. The zero-order chi connectivity index (χ0) is 22.7. The van der Waals surface area contributed by atoms with Gasteiger partial charge >= 0.3 is 0 Å². The van der Waals surface area contributed by atoms with E-state index in [0.29, 0.717) is 15.8 Å². The first-order valence-corrected chi connectivity index (χ1v) is 11.5. The molecule has 2 aromatic carbocycles. The zero-order valence-electron chi connectivity index (χ0n) is 17.9. The second kappa shape index (κ2) is 9.54. The van der Waals surface area contributed by atoms with Gasteiger partial charge in [0.05, 0.1) is 16.3 Å².